The van der Waals surface area contributed by atoms with Crippen LogP contribution in [0, 0.1) is 0 Å². The average molecular weight is 240 g/mol. The van der Waals surface area contributed by atoms with Crippen molar-refractivity contribution in [2.24, 2.45) is 5.73 Å². The molecule has 1 aromatic carbocycles. The molecule has 0 fully saturated rings. The fourth-order valence-corrected chi connectivity index (χ4v) is 0.961. The second kappa shape index (κ2) is 9.62. The fraction of sp³-hybridized carbons (Fsp3) is 0.417. The molecule has 0 bridgehead atoms. The molecule has 0 aliphatic rings. The normalized spacial score (nSPS) is 9.12. The molecular weight excluding hydrogens is 220 g/mol. The number of hydrogen-bond donors (Lipinski definition) is 3. The number of nitrogens with two attached hydrogens (primary N) is 1. The zero-order valence-electron chi connectivity index (χ0n) is 10.3. The van der Waals surface area contributed by atoms with Crippen LogP contribution in [0.15, 0.2) is 24.3 Å². The number of amides is 1. The molecule has 0 saturated heterocycles. The monoisotopic (exact) mass is 240 g/mol. The van der Waals surface area contributed by atoms with E-state index in [1.54, 1.807) is 12.1 Å². The molecule has 5 nitrogen and oxygen atoms in total. The first-order valence-electron chi connectivity index (χ1n) is 5.50. The van der Waals surface area contributed by atoms with Crippen molar-refractivity contribution in [1.29, 1.82) is 0 Å². The number of phenolic OH excluding ortho intramolecular Hbond substituents is 1. The third-order valence-corrected chi connectivity index (χ3v) is 1.74. The highest BCUT2D eigenvalue weighted by atomic mass is 16.5. The summed E-state index contributed by atoms with van der Waals surface area (Å²) in [5.74, 6) is -0.0820. The Hall–Kier alpha value is -1.59. The summed E-state index contributed by atoms with van der Waals surface area (Å²) in [6.07, 6.45) is 0. The van der Waals surface area contributed by atoms with E-state index >= 15 is 0 Å². The van der Waals surface area contributed by atoms with Crippen molar-refractivity contribution < 1.29 is 14.6 Å². The minimum Gasteiger partial charge on any atom is -0.508 e. The van der Waals surface area contributed by atoms with Crippen LogP contribution in [-0.4, -0.2) is 30.8 Å². The van der Waals surface area contributed by atoms with E-state index in [0.29, 0.717) is 5.69 Å². The van der Waals surface area contributed by atoms with E-state index in [0.717, 1.165) is 13.2 Å². The molecule has 0 radical (unpaired) electrons. The van der Waals surface area contributed by atoms with Crippen molar-refractivity contribution in [2.45, 2.75) is 13.8 Å². The summed E-state index contributed by atoms with van der Waals surface area (Å²) < 4.78 is 4.83. The van der Waals surface area contributed by atoms with Gasteiger partial charge in [-0.15, -0.1) is 0 Å². The van der Waals surface area contributed by atoms with Gasteiger partial charge in [0.15, 0.2) is 0 Å². The zero-order chi connectivity index (χ0) is 13.1. The molecule has 1 amide bonds. The lowest BCUT2D eigenvalue weighted by atomic mass is 10.3. The maximum absolute atomic E-state index is 10.8. The first kappa shape index (κ1) is 15.4. The van der Waals surface area contributed by atoms with Crippen molar-refractivity contribution in [3.8, 4) is 5.75 Å². The molecule has 0 aromatic heterocycles. The van der Waals surface area contributed by atoms with E-state index in [1.165, 1.54) is 12.1 Å². The van der Waals surface area contributed by atoms with Crippen molar-refractivity contribution in [1.82, 2.24) is 0 Å². The summed E-state index contributed by atoms with van der Waals surface area (Å²) in [5, 5.41) is 11.5. The summed E-state index contributed by atoms with van der Waals surface area (Å²) in [6.45, 7) is 5.63. The van der Waals surface area contributed by atoms with Gasteiger partial charge in [0.05, 0.1) is 6.54 Å². The van der Waals surface area contributed by atoms with Crippen LogP contribution in [0.1, 0.15) is 13.8 Å². The Bertz CT molecular complexity index is 310. The third-order valence-electron chi connectivity index (χ3n) is 1.74. The van der Waals surface area contributed by atoms with Crippen LogP contribution >= 0.6 is 0 Å². The molecule has 0 saturated carbocycles. The topological polar surface area (TPSA) is 84.6 Å². The van der Waals surface area contributed by atoms with Gasteiger partial charge in [-0.05, 0) is 38.1 Å². The van der Waals surface area contributed by atoms with E-state index in [4.69, 9.17) is 15.6 Å². The first-order chi connectivity index (χ1) is 8.13. The lowest BCUT2D eigenvalue weighted by molar-refractivity contribution is -0.114. The predicted molar refractivity (Wildman–Crippen MR) is 68.0 cm³/mol. The van der Waals surface area contributed by atoms with Crippen LogP contribution in [0.5, 0.6) is 5.75 Å². The van der Waals surface area contributed by atoms with Gasteiger partial charge >= 0.3 is 0 Å². The molecule has 4 N–H and O–H groups in total. The zero-order valence-corrected chi connectivity index (χ0v) is 10.3. The standard InChI is InChI=1S/C8H10N2O2.C4H10O/c9-5-8(12)10-6-1-3-7(11)4-2-6;1-3-5-4-2/h1-4,11H,5,9H2,(H,10,12);3-4H2,1-2H3. The van der Waals surface area contributed by atoms with Gasteiger partial charge in [-0.25, -0.2) is 0 Å². The van der Waals surface area contributed by atoms with Gasteiger partial charge in [0.2, 0.25) is 5.91 Å². The van der Waals surface area contributed by atoms with Crippen LogP contribution in [0.3, 0.4) is 0 Å². The molecule has 0 atom stereocenters. The quantitative estimate of drug-likeness (QED) is 0.693. The molecule has 96 valence electrons. The van der Waals surface area contributed by atoms with E-state index in [2.05, 4.69) is 5.32 Å². The van der Waals surface area contributed by atoms with Crippen LogP contribution in [0.2, 0.25) is 0 Å². The number of aromatic hydroxyl groups is 1. The van der Waals surface area contributed by atoms with Gasteiger partial charge in [-0.3, -0.25) is 4.79 Å². The summed E-state index contributed by atoms with van der Waals surface area (Å²) in [5.41, 5.74) is 5.72. The Morgan fingerprint density at radius 2 is 1.82 bits per heavy atom. The number of nitrogens with one attached hydrogen (secondary N) is 1. The highest BCUT2D eigenvalue weighted by molar-refractivity contribution is 5.92. The number of carbonyl (C=O) groups excluding carboxylic acids is 1. The molecule has 1 aromatic rings. The van der Waals surface area contributed by atoms with Gasteiger partial charge in [0, 0.05) is 18.9 Å². The van der Waals surface area contributed by atoms with Gasteiger partial charge in [0.1, 0.15) is 5.75 Å². The minimum absolute atomic E-state index is 0.0408. The smallest absolute Gasteiger partial charge is 0.238 e. The Balaban J connectivity index is 0.000000437. The van der Waals surface area contributed by atoms with E-state index < -0.39 is 0 Å². The number of carbonyl (C=O) groups is 1. The fourth-order valence-electron chi connectivity index (χ4n) is 0.961. The number of phenols is 1. The van der Waals surface area contributed by atoms with Crippen molar-refractivity contribution in [3.63, 3.8) is 0 Å². The number of benzene rings is 1. The van der Waals surface area contributed by atoms with Gasteiger partial charge < -0.3 is 20.9 Å². The Kier molecular flexibility index (Phi) is 8.72. The largest absolute Gasteiger partial charge is 0.508 e. The molecular formula is C12H20N2O3. The number of ether oxygens (including phenoxy) is 1. The molecule has 17 heavy (non-hydrogen) atoms. The molecule has 0 spiro atoms. The number of anilines is 1. The average Bonchev–Trinajstić information content (AvgIpc) is 2.34. The van der Waals surface area contributed by atoms with E-state index in [-0.39, 0.29) is 18.2 Å². The number of rotatable bonds is 4. The van der Waals surface area contributed by atoms with Crippen LogP contribution in [-0.2, 0) is 9.53 Å². The van der Waals surface area contributed by atoms with Crippen molar-refractivity contribution in [3.05, 3.63) is 24.3 Å². The Morgan fingerprint density at radius 3 is 2.18 bits per heavy atom. The van der Waals surface area contributed by atoms with Crippen LogP contribution in [0.25, 0.3) is 0 Å². The van der Waals surface area contributed by atoms with Gasteiger partial charge in [-0.2, -0.15) is 0 Å². The molecule has 5 heteroatoms. The van der Waals surface area contributed by atoms with Crippen LogP contribution in [0.4, 0.5) is 5.69 Å². The predicted octanol–water partition coefficient (Wildman–Crippen LogP) is 1.33. The Labute approximate surface area is 102 Å². The highest BCUT2D eigenvalue weighted by Gasteiger charge is 1.97. The van der Waals surface area contributed by atoms with Crippen LogP contribution < -0.4 is 11.1 Å². The molecule has 1 rings (SSSR count). The lowest BCUT2D eigenvalue weighted by Gasteiger charge is -2.02. The van der Waals surface area contributed by atoms with Crippen molar-refractivity contribution >= 4 is 11.6 Å². The summed E-state index contributed by atoms with van der Waals surface area (Å²) >= 11 is 0. The highest BCUT2D eigenvalue weighted by Crippen LogP contribution is 2.13. The molecule has 0 heterocycles. The third kappa shape index (κ3) is 8.24. The molecule has 0 aliphatic heterocycles. The first-order valence-corrected chi connectivity index (χ1v) is 5.50. The second-order valence-electron chi connectivity index (χ2n) is 3.08. The maximum Gasteiger partial charge on any atom is 0.238 e. The Morgan fingerprint density at radius 1 is 1.29 bits per heavy atom. The maximum atomic E-state index is 10.8. The molecule has 0 aliphatic carbocycles. The molecule has 0 unspecified atom stereocenters. The summed E-state index contributed by atoms with van der Waals surface area (Å²) in [4.78, 5) is 10.8. The van der Waals surface area contributed by atoms with Crippen molar-refractivity contribution in [2.75, 3.05) is 25.1 Å². The van der Waals surface area contributed by atoms with Gasteiger partial charge in [-0.1, -0.05) is 0 Å². The SMILES string of the molecule is CCOCC.NCC(=O)Nc1ccc(O)cc1. The summed E-state index contributed by atoms with van der Waals surface area (Å²) in [6, 6.07) is 6.18. The van der Waals surface area contributed by atoms with E-state index in [9.17, 15) is 4.79 Å². The van der Waals surface area contributed by atoms with Gasteiger partial charge in [0.25, 0.3) is 0 Å². The number of hydrogen-bond acceptors (Lipinski definition) is 4. The lowest BCUT2D eigenvalue weighted by Crippen LogP contribution is -2.21. The summed E-state index contributed by atoms with van der Waals surface area (Å²) in [7, 11) is 0. The second-order valence-corrected chi connectivity index (χ2v) is 3.08. The van der Waals surface area contributed by atoms with E-state index in [1.807, 2.05) is 13.8 Å². The minimum atomic E-state index is -0.249.